The number of hydrogen-bond donors (Lipinski definition) is 1. The zero-order valence-corrected chi connectivity index (χ0v) is 5.77. The van der Waals surface area contributed by atoms with Gasteiger partial charge in [-0.05, 0) is 0 Å². The molecule has 1 rings (SSSR count). The normalized spacial score (nSPS) is 11.1. The molecule has 1 aromatic rings. The first-order valence-corrected chi connectivity index (χ1v) is 3.02. The fraction of sp³-hybridized carbons (Fsp3) is 0. The van der Waals surface area contributed by atoms with Gasteiger partial charge in [0.2, 0.25) is 0 Å². The maximum Gasteiger partial charge on any atom is 0.153 e. The van der Waals surface area contributed by atoms with Gasteiger partial charge >= 0.3 is 0 Å². The molecule has 0 fully saturated rings. The molecule has 0 atom stereocenters. The molecule has 4 nitrogen and oxygen atoms in total. The standard InChI is InChI=1S/C7H7N3O/c8-3-6(5-11)7-4-9-1-2-10-7/h1-5H,8H2/b6-3-. The molecule has 0 aliphatic heterocycles. The summed E-state index contributed by atoms with van der Waals surface area (Å²) in [6.07, 6.45) is 6.36. The van der Waals surface area contributed by atoms with Crippen LogP contribution in [0.1, 0.15) is 5.69 Å². The molecule has 0 bridgehead atoms. The van der Waals surface area contributed by atoms with Crippen LogP contribution in [0.15, 0.2) is 24.8 Å². The Labute approximate surface area is 63.8 Å². The first kappa shape index (κ1) is 7.40. The van der Waals surface area contributed by atoms with E-state index >= 15 is 0 Å². The highest BCUT2D eigenvalue weighted by Crippen LogP contribution is 2.03. The predicted octanol–water partition coefficient (Wildman–Crippen LogP) is -0.0249. The fourth-order valence-electron chi connectivity index (χ4n) is 0.633. The van der Waals surface area contributed by atoms with Gasteiger partial charge in [0.15, 0.2) is 6.29 Å². The summed E-state index contributed by atoms with van der Waals surface area (Å²) < 4.78 is 0. The number of aromatic nitrogens is 2. The van der Waals surface area contributed by atoms with E-state index in [1.807, 2.05) is 0 Å². The van der Waals surface area contributed by atoms with Crippen molar-refractivity contribution in [1.29, 1.82) is 0 Å². The molecule has 0 aliphatic rings. The number of nitrogens with zero attached hydrogens (tertiary/aromatic N) is 2. The number of hydrogen-bond acceptors (Lipinski definition) is 4. The van der Waals surface area contributed by atoms with Crippen LogP contribution in [0.25, 0.3) is 5.57 Å². The maximum atomic E-state index is 10.3. The average Bonchev–Trinajstić information content (AvgIpc) is 2.09. The van der Waals surface area contributed by atoms with E-state index in [-0.39, 0.29) is 0 Å². The van der Waals surface area contributed by atoms with Crippen LogP contribution in [0, 0.1) is 0 Å². The second-order valence-electron chi connectivity index (χ2n) is 1.83. The number of rotatable bonds is 2. The lowest BCUT2D eigenvalue weighted by Crippen LogP contribution is -1.94. The molecule has 1 heterocycles. The van der Waals surface area contributed by atoms with Crippen molar-refractivity contribution >= 4 is 11.9 Å². The lowest BCUT2D eigenvalue weighted by Gasteiger charge is -1.93. The molecule has 0 spiro atoms. The second-order valence-corrected chi connectivity index (χ2v) is 1.83. The van der Waals surface area contributed by atoms with E-state index in [4.69, 9.17) is 5.73 Å². The lowest BCUT2D eigenvalue weighted by atomic mass is 10.2. The predicted molar refractivity (Wildman–Crippen MR) is 40.3 cm³/mol. The summed E-state index contributed by atoms with van der Waals surface area (Å²) >= 11 is 0. The van der Waals surface area contributed by atoms with Crippen LogP contribution in [0.5, 0.6) is 0 Å². The van der Waals surface area contributed by atoms with Gasteiger partial charge in [-0.3, -0.25) is 14.8 Å². The van der Waals surface area contributed by atoms with Gasteiger partial charge in [0.1, 0.15) is 0 Å². The van der Waals surface area contributed by atoms with Gasteiger partial charge in [-0.2, -0.15) is 0 Å². The first-order chi connectivity index (χ1) is 5.38. The molecule has 1 aromatic heterocycles. The van der Waals surface area contributed by atoms with E-state index in [1.165, 1.54) is 24.8 Å². The van der Waals surface area contributed by atoms with Crippen molar-refractivity contribution in [2.24, 2.45) is 5.73 Å². The minimum absolute atomic E-state index is 0.345. The third-order valence-corrected chi connectivity index (χ3v) is 1.17. The van der Waals surface area contributed by atoms with Gasteiger partial charge in [-0.25, -0.2) is 0 Å². The topological polar surface area (TPSA) is 68.9 Å². The van der Waals surface area contributed by atoms with Crippen LogP contribution in [-0.2, 0) is 4.79 Å². The van der Waals surface area contributed by atoms with E-state index in [2.05, 4.69) is 9.97 Å². The summed E-state index contributed by atoms with van der Waals surface area (Å²) in [5, 5.41) is 0. The highest BCUT2D eigenvalue weighted by atomic mass is 16.1. The van der Waals surface area contributed by atoms with Crippen molar-refractivity contribution in [3.8, 4) is 0 Å². The quantitative estimate of drug-likeness (QED) is 0.473. The lowest BCUT2D eigenvalue weighted by molar-refractivity contribution is -0.103. The summed E-state index contributed by atoms with van der Waals surface area (Å²) in [6.45, 7) is 0. The first-order valence-electron chi connectivity index (χ1n) is 3.02. The number of aldehydes is 1. The van der Waals surface area contributed by atoms with E-state index in [0.29, 0.717) is 17.6 Å². The Morgan fingerprint density at radius 2 is 2.36 bits per heavy atom. The highest BCUT2D eigenvalue weighted by molar-refractivity contribution is 6.05. The zero-order chi connectivity index (χ0) is 8.10. The molecule has 4 heteroatoms. The van der Waals surface area contributed by atoms with Gasteiger partial charge in [0.25, 0.3) is 0 Å². The molecule has 0 saturated heterocycles. The molecular weight excluding hydrogens is 142 g/mol. The number of nitrogens with two attached hydrogens (primary N) is 1. The van der Waals surface area contributed by atoms with Gasteiger partial charge < -0.3 is 5.73 Å². The van der Waals surface area contributed by atoms with Gasteiger partial charge in [0, 0.05) is 18.6 Å². The monoisotopic (exact) mass is 149 g/mol. The molecule has 0 aromatic carbocycles. The molecule has 0 radical (unpaired) electrons. The molecule has 0 unspecified atom stereocenters. The van der Waals surface area contributed by atoms with Crippen molar-refractivity contribution < 1.29 is 4.79 Å². The molecular formula is C7H7N3O. The zero-order valence-electron chi connectivity index (χ0n) is 5.77. The molecule has 11 heavy (non-hydrogen) atoms. The maximum absolute atomic E-state index is 10.3. The minimum atomic E-state index is 0.345. The SMILES string of the molecule is N/C=C(/C=O)c1cnccn1. The smallest absolute Gasteiger partial charge is 0.153 e. The molecule has 0 aliphatic carbocycles. The van der Waals surface area contributed by atoms with E-state index < -0.39 is 0 Å². The molecule has 0 amide bonds. The minimum Gasteiger partial charge on any atom is -0.404 e. The van der Waals surface area contributed by atoms with E-state index in [9.17, 15) is 4.79 Å². The van der Waals surface area contributed by atoms with Crippen LogP contribution in [0.4, 0.5) is 0 Å². The fourth-order valence-corrected chi connectivity index (χ4v) is 0.633. The Kier molecular flexibility index (Phi) is 2.32. The van der Waals surface area contributed by atoms with Gasteiger partial charge in [-0.1, -0.05) is 0 Å². The van der Waals surface area contributed by atoms with Gasteiger partial charge in [0.05, 0.1) is 17.5 Å². The second kappa shape index (κ2) is 3.46. The van der Waals surface area contributed by atoms with Crippen LogP contribution in [0.3, 0.4) is 0 Å². The van der Waals surface area contributed by atoms with Crippen LogP contribution < -0.4 is 5.73 Å². The van der Waals surface area contributed by atoms with Crippen molar-refractivity contribution in [3.05, 3.63) is 30.5 Å². The van der Waals surface area contributed by atoms with Crippen LogP contribution in [0.2, 0.25) is 0 Å². The Balaban J connectivity index is 3.01. The Morgan fingerprint density at radius 3 is 2.82 bits per heavy atom. The van der Waals surface area contributed by atoms with Crippen molar-refractivity contribution in [1.82, 2.24) is 9.97 Å². The van der Waals surface area contributed by atoms with Crippen molar-refractivity contribution in [2.75, 3.05) is 0 Å². The average molecular weight is 149 g/mol. The Hall–Kier alpha value is -1.71. The number of carbonyl (C=O) groups excluding carboxylic acids is 1. The van der Waals surface area contributed by atoms with E-state index in [1.54, 1.807) is 0 Å². The highest BCUT2D eigenvalue weighted by Gasteiger charge is 1.98. The summed E-state index contributed by atoms with van der Waals surface area (Å²) in [5.74, 6) is 0. The van der Waals surface area contributed by atoms with Crippen molar-refractivity contribution in [2.45, 2.75) is 0 Å². The molecule has 0 saturated carbocycles. The largest absolute Gasteiger partial charge is 0.404 e. The summed E-state index contributed by atoms with van der Waals surface area (Å²) in [7, 11) is 0. The van der Waals surface area contributed by atoms with E-state index in [0.717, 1.165) is 0 Å². The van der Waals surface area contributed by atoms with Gasteiger partial charge in [-0.15, -0.1) is 0 Å². The van der Waals surface area contributed by atoms with Crippen molar-refractivity contribution in [3.63, 3.8) is 0 Å². The molecule has 2 N–H and O–H groups in total. The Bertz CT molecular complexity index is 268. The summed E-state index contributed by atoms with van der Waals surface area (Å²) in [5.41, 5.74) is 5.99. The number of carbonyl (C=O) groups is 1. The summed E-state index contributed by atoms with van der Waals surface area (Å²) in [6, 6.07) is 0. The Morgan fingerprint density at radius 1 is 1.55 bits per heavy atom. The summed E-state index contributed by atoms with van der Waals surface area (Å²) in [4.78, 5) is 18.0. The third-order valence-electron chi connectivity index (χ3n) is 1.17. The third kappa shape index (κ3) is 1.61. The van der Waals surface area contributed by atoms with Crippen LogP contribution in [-0.4, -0.2) is 16.3 Å². The molecule has 56 valence electrons. The van der Waals surface area contributed by atoms with Crippen LogP contribution >= 0.6 is 0 Å². The number of allylic oxidation sites excluding steroid dienone is 1.